The maximum atomic E-state index is 9.31. The first-order valence-electron chi connectivity index (χ1n) is 7.98. The van der Waals surface area contributed by atoms with Crippen LogP contribution in [-0.4, -0.2) is 38.2 Å². The Morgan fingerprint density at radius 1 is 1.27 bits per heavy atom. The molecule has 1 aliphatic heterocycles. The molecule has 0 radical (unpaired) electrons. The number of nitrogens with zero attached hydrogens (tertiary/aromatic N) is 5. The van der Waals surface area contributed by atoms with Gasteiger partial charge in [0.25, 0.3) is 0 Å². The third kappa shape index (κ3) is 2.83. The number of hydrogen-bond acceptors (Lipinski definition) is 5. The summed E-state index contributed by atoms with van der Waals surface area (Å²) in [4.78, 5) is 6.93. The zero-order chi connectivity index (χ0) is 15.5. The lowest BCUT2D eigenvalue weighted by atomic mass is 9.99. The minimum absolute atomic E-state index is 0.0827. The van der Waals surface area contributed by atoms with Crippen molar-refractivity contribution in [2.45, 2.75) is 39.7 Å². The smallest absolute Gasteiger partial charge is 0.128 e. The molecule has 1 aliphatic rings. The van der Waals surface area contributed by atoms with Crippen LogP contribution in [0.1, 0.15) is 38.1 Å². The quantitative estimate of drug-likeness (QED) is 0.935. The van der Waals surface area contributed by atoms with Gasteiger partial charge in [0.1, 0.15) is 11.5 Å². The van der Waals surface area contributed by atoms with E-state index >= 15 is 0 Å². The molecule has 1 N–H and O–H groups in total. The summed E-state index contributed by atoms with van der Waals surface area (Å²) < 4.78 is 1.76. The third-order valence-corrected chi connectivity index (χ3v) is 4.41. The van der Waals surface area contributed by atoms with Gasteiger partial charge in [0.2, 0.25) is 0 Å². The van der Waals surface area contributed by atoms with Crippen LogP contribution >= 0.6 is 0 Å². The Balaban J connectivity index is 1.81. The van der Waals surface area contributed by atoms with Crippen molar-refractivity contribution in [1.29, 1.82) is 0 Å². The lowest BCUT2D eigenvalue weighted by Gasteiger charge is -2.31. The van der Waals surface area contributed by atoms with E-state index in [9.17, 15) is 5.11 Å². The predicted molar refractivity (Wildman–Crippen MR) is 85.1 cm³/mol. The molecular formula is C16H23N5O. The number of rotatable bonds is 4. The Bertz CT molecular complexity index is 614. The van der Waals surface area contributed by atoms with Gasteiger partial charge in [-0.15, -0.1) is 5.10 Å². The molecule has 0 aliphatic carbocycles. The summed E-state index contributed by atoms with van der Waals surface area (Å²) in [7, 11) is 0. The largest absolute Gasteiger partial charge is 0.390 e. The fourth-order valence-corrected chi connectivity index (χ4v) is 2.95. The first kappa shape index (κ1) is 15.0. The zero-order valence-electron chi connectivity index (χ0n) is 13.2. The number of aliphatic hydroxyl groups excluding tert-OH is 1. The molecule has 2 aromatic heterocycles. The average molecular weight is 301 g/mol. The van der Waals surface area contributed by atoms with Crippen molar-refractivity contribution in [3.05, 3.63) is 29.7 Å². The van der Waals surface area contributed by atoms with Crippen molar-refractivity contribution in [3.63, 3.8) is 0 Å². The second-order valence-corrected chi connectivity index (χ2v) is 5.95. The molecule has 0 atom stereocenters. The van der Waals surface area contributed by atoms with Crippen molar-refractivity contribution in [3.8, 4) is 5.69 Å². The van der Waals surface area contributed by atoms with Crippen LogP contribution in [0.15, 0.2) is 18.3 Å². The molecule has 6 heteroatoms. The molecule has 1 saturated heterocycles. The lowest BCUT2D eigenvalue weighted by molar-refractivity contribution is 0.275. The minimum atomic E-state index is -0.0827. The monoisotopic (exact) mass is 301 g/mol. The SMILES string of the molecule is CCc1c(CO)nnn1-c1ccc(N2CCC(C)CC2)nc1. The topological polar surface area (TPSA) is 67.1 Å². The second kappa shape index (κ2) is 6.44. The van der Waals surface area contributed by atoms with Gasteiger partial charge in [-0.05, 0) is 37.3 Å². The summed E-state index contributed by atoms with van der Waals surface area (Å²) in [5.74, 6) is 1.84. The first-order chi connectivity index (χ1) is 10.7. The van der Waals surface area contributed by atoms with Crippen LogP contribution in [0, 0.1) is 5.92 Å². The van der Waals surface area contributed by atoms with E-state index in [2.05, 4.69) is 27.1 Å². The van der Waals surface area contributed by atoms with Gasteiger partial charge in [-0.3, -0.25) is 0 Å². The van der Waals surface area contributed by atoms with E-state index in [1.807, 2.05) is 25.3 Å². The number of aromatic nitrogens is 4. The van der Waals surface area contributed by atoms with Gasteiger partial charge in [-0.1, -0.05) is 19.1 Å². The van der Waals surface area contributed by atoms with E-state index in [0.717, 1.165) is 42.6 Å². The highest BCUT2D eigenvalue weighted by atomic mass is 16.3. The van der Waals surface area contributed by atoms with Crippen molar-refractivity contribution >= 4 is 5.82 Å². The predicted octanol–water partition coefficient (Wildman–Crippen LogP) is 1.95. The third-order valence-electron chi connectivity index (χ3n) is 4.41. The number of hydrogen-bond donors (Lipinski definition) is 1. The van der Waals surface area contributed by atoms with Gasteiger partial charge < -0.3 is 10.0 Å². The molecule has 3 rings (SSSR count). The molecule has 6 nitrogen and oxygen atoms in total. The van der Waals surface area contributed by atoms with Gasteiger partial charge in [-0.25, -0.2) is 9.67 Å². The Hall–Kier alpha value is -1.95. The lowest BCUT2D eigenvalue weighted by Crippen LogP contribution is -2.33. The average Bonchev–Trinajstić information content (AvgIpc) is 2.98. The second-order valence-electron chi connectivity index (χ2n) is 5.95. The highest BCUT2D eigenvalue weighted by Crippen LogP contribution is 2.22. The van der Waals surface area contributed by atoms with Crippen molar-refractivity contribution < 1.29 is 5.11 Å². The summed E-state index contributed by atoms with van der Waals surface area (Å²) in [6, 6.07) is 4.07. The fourth-order valence-electron chi connectivity index (χ4n) is 2.95. The van der Waals surface area contributed by atoms with Crippen LogP contribution < -0.4 is 4.90 Å². The zero-order valence-corrected chi connectivity index (χ0v) is 13.2. The summed E-state index contributed by atoms with van der Waals surface area (Å²) in [5, 5.41) is 17.5. The van der Waals surface area contributed by atoms with Crippen LogP contribution in [0.25, 0.3) is 5.69 Å². The molecule has 1 fully saturated rings. The number of aliphatic hydroxyl groups is 1. The van der Waals surface area contributed by atoms with Gasteiger partial charge >= 0.3 is 0 Å². The van der Waals surface area contributed by atoms with E-state index in [0.29, 0.717) is 5.69 Å². The van der Waals surface area contributed by atoms with Crippen molar-refractivity contribution in [2.75, 3.05) is 18.0 Å². The molecule has 0 unspecified atom stereocenters. The molecule has 3 heterocycles. The Kier molecular flexibility index (Phi) is 4.38. The van der Waals surface area contributed by atoms with E-state index in [4.69, 9.17) is 0 Å². The molecule has 0 saturated carbocycles. The summed E-state index contributed by atoms with van der Waals surface area (Å²) in [5.41, 5.74) is 2.46. The molecule has 118 valence electrons. The molecule has 22 heavy (non-hydrogen) atoms. The van der Waals surface area contributed by atoms with Crippen LogP contribution in [0.4, 0.5) is 5.82 Å². The van der Waals surface area contributed by atoms with Gasteiger partial charge in [0.15, 0.2) is 0 Å². The van der Waals surface area contributed by atoms with E-state index in [1.165, 1.54) is 12.8 Å². The molecule has 0 amide bonds. The Morgan fingerprint density at radius 3 is 2.64 bits per heavy atom. The highest BCUT2D eigenvalue weighted by molar-refractivity contribution is 5.44. The molecule has 0 aromatic carbocycles. The molecule has 0 bridgehead atoms. The van der Waals surface area contributed by atoms with Crippen molar-refractivity contribution in [1.82, 2.24) is 20.0 Å². The highest BCUT2D eigenvalue weighted by Gasteiger charge is 2.17. The number of anilines is 1. The standard InChI is InChI=1S/C16H23N5O/c1-3-15-14(11-22)18-19-21(15)13-4-5-16(17-10-13)20-8-6-12(2)7-9-20/h4-5,10,12,22H,3,6-9,11H2,1-2H3. The van der Waals surface area contributed by atoms with Crippen molar-refractivity contribution in [2.24, 2.45) is 5.92 Å². The fraction of sp³-hybridized carbons (Fsp3) is 0.562. The molecular weight excluding hydrogens is 278 g/mol. The molecule has 0 spiro atoms. The van der Waals surface area contributed by atoms with Crippen LogP contribution in [0.2, 0.25) is 0 Å². The molecule has 2 aromatic rings. The maximum absolute atomic E-state index is 9.31. The van der Waals surface area contributed by atoms with Crippen LogP contribution in [-0.2, 0) is 13.0 Å². The Labute approximate surface area is 130 Å². The maximum Gasteiger partial charge on any atom is 0.128 e. The summed E-state index contributed by atoms with van der Waals surface area (Å²) in [6.07, 6.45) is 5.07. The first-order valence-corrected chi connectivity index (χ1v) is 7.98. The number of pyridine rings is 1. The van der Waals surface area contributed by atoms with Crippen LogP contribution in [0.3, 0.4) is 0 Å². The summed E-state index contributed by atoms with van der Waals surface area (Å²) in [6.45, 7) is 6.41. The van der Waals surface area contributed by atoms with E-state index < -0.39 is 0 Å². The normalized spacial score (nSPS) is 16.2. The minimum Gasteiger partial charge on any atom is -0.390 e. The summed E-state index contributed by atoms with van der Waals surface area (Å²) >= 11 is 0. The number of piperidine rings is 1. The van der Waals surface area contributed by atoms with E-state index in [-0.39, 0.29) is 6.61 Å². The Morgan fingerprint density at radius 2 is 2.05 bits per heavy atom. The van der Waals surface area contributed by atoms with Gasteiger partial charge in [0.05, 0.1) is 24.2 Å². The van der Waals surface area contributed by atoms with Gasteiger partial charge in [0, 0.05) is 13.1 Å². The van der Waals surface area contributed by atoms with Gasteiger partial charge in [-0.2, -0.15) is 0 Å². The van der Waals surface area contributed by atoms with E-state index in [1.54, 1.807) is 4.68 Å². The van der Waals surface area contributed by atoms with Crippen LogP contribution in [0.5, 0.6) is 0 Å².